The first-order valence-corrected chi connectivity index (χ1v) is 6.10. The van der Waals surface area contributed by atoms with Crippen LogP contribution in [0.1, 0.15) is 25.0 Å². The highest BCUT2D eigenvalue weighted by molar-refractivity contribution is 5.32. The van der Waals surface area contributed by atoms with Crippen LogP contribution >= 0.6 is 0 Å². The molecule has 0 atom stereocenters. The number of halogens is 1. The van der Waals surface area contributed by atoms with Crippen LogP contribution in [0.4, 0.5) is 4.39 Å². The zero-order chi connectivity index (χ0) is 13.4. The van der Waals surface area contributed by atoms with Gasteiger partial charge in [-0.05, 0) is 18.1 Å². The van der Waals surface area contributed by atoms with Gasteiger partial charge in [-0.1, -0.05) is 19.9 Å². The number of hydrogen-bond donors (Lipinski definition) is 1. The molecule has 0 amide bonds. The Hall–Kier alpha value is -1.44. The van der Waals surface area contributed by atoms with E-state index < -0.39 is 0 Å². The first-order valence-electron chi connectivity index (χ1n) is 6.10. The Balaban J connectivity index is 2.25. The highest BCUT2D eigenvalue weighted by atomic mass is 19.1. The van der Waals surface area contributed by atoms with Crippen molar-refractivity contribution in [2.75, 3.05) is 19.8 Å². The smallest absolute Gasteiger partial charge is 0.129 e. The minimum Gasteiger partial charge on any atom is -0.380 e. The Labute approximate surface area is 108 Å². The van der Waals surface area contributed by atoms with Gasteiger partial charge >= 0.3 is 0 Å². The second kappa shape index (κ2) is 7.80. The summed E-state index contributed by atoms with van der Waals surface area (Å²) in [6.45, 7) is 6.69. The van der Waals surface area contributed by atoms with Crippen molar-refractivity contribution in [1.82, 2.24) is 5.32 Å². The number of hydrogen-bond acceptors (Lipinski definition) is 3. The van der Waals surface area contributed by atoms with E-state index in [9.17, 15) is 4.39 Å². The molecule has 0 aromatic heterocycles. The molecule has 0 fully saturated rings. The van der Waals surface area contributed by atoms with Crippen LogP contribution in [-0.2, 0) is 11.3 Å². The lowest BCUT2D eigenvalue weighted by atomic mass is 10.1. The summed E-state index contributed by atoms with van der Waals surface area (Å²) in [6, 6.07) is 6.42. The molecule has 3 nitrogen and oxygen atoms in total. The molecule has 18 heavy (non-hydrogen) atoms. The summed E-state index contributed by atoms with van der Waals surface area (Å²) in [7, 11) is 0. The van der Waals surface area contributed by atoms with E-state index in [1.807, 2.05) is 6.07 Å². The molecule has 0 aliphatic carbocycles. The van der Waals surface area contributed by atoms with E-state index in [0.29, 0.717) is 36.7 Å². The van der Waals surface area contributed by atoms with Crippen molar-refractivity contribution in [3.8, 4) is 6.07 Å². The normalized spacial score (nSPS) is 10.6. The number of nitriles is 1. The van der Waals surface area contributed by atoms with Crippen molar-refractivity contribution >= 4 is 0 Å². The zero-order valence-electron chi connectivity index (χ0n) is 10.9. The highest BCUT2D eigenvalue weighted by Crippen LogP contribution is 2.09. The van der Waals surface area contributed by atoms with Crippen molar-refractivity contribution in [1.29, 1.82) is 5.26 Å². The number of benzene rings is 1. The molecule has 4 heteroatoms. The quantitative estimate of drug-likeness (QED) is 0.756. The van der Waals surface area contributed by atoms with Crippen LogP contribution in [0.2, 0.25) is 0 Å². The lowest BCUT2D eigenvalue weighted by Gasteiger charge is -2.08. The average molecular weight is 250 g/mol. The molecule has 1 aromatic carbocycles. The second-order valence-corrected chi connectivity index (χ2v) is 4.56. The Morgan fingerprint density at radius 2 is 2.22 bits per heavy atom. The van der Waals surface area contributed by atoms with Crippen LogP contribution in [0.15, 0.2) is 18.2 Å². The molecule has 98 valence electrons. The monoisotopic (exact) mass is 250 g/mol. The van der Waals surface area contributed by atoms with Gasteiger partial charge in [0.1, 0.15) is 5.82 Å². The van der Waals surface area contributed by atoms with Crippen LogP contribution in [0.5, 0.6) is 0 Å². The maximum Gasteiger partial charge on any atom is 0.129 e. The molecule has 0 saturated heterocycles. The number of nitrogens with zero attached hydrogens (tertiary/aromatic N) is 1. The van der Waals surface area contributed by atoms with Crippen LogP contribution in [0.3, 0.4) is 0 Å². The molecule has 0 bridgehead atoms. The lowest BCUT2D eigenvalue weighted by Crippen LogP contribution is -2.20. The van der Waals surface area contributed by atoms with Gasteiger partial charge in [0, 0.05) is 25.3 Å². The van der Waals surface area contributed by atoms with Crippen molar-refractivity contribution in [3.63, 3.8) is 0 Å². The van der Waals surface area contributed by atoms with Gasteiger partial charge in [-0.15, -0.1) is 0 Å². The first-order chi connectivity index (χ1) is 8.63. The third-order valence-electron chi connectivity index (χ3n) is 2.37. The largest absolute Gasteiger partial charge is 0.380 e. The molecule has 0 aliphatic rings. The Kier molecular flexibility index (Phi) is 6.34. The maximum atomic E-state index is 13.5. The second-order valence-electron chi connectivity index (χ2n) is 4.56. The maximum absolute atomic E-state index is 13.5. The van der Waals surface area contributed by atoms with Crippen molar-refractivity contribution in [2.24, 2.45) is 5.92 Å². The molecule has 0 heterocycles. The van der Waals surface area contributed by atoms with Gasteiger partial charge in [0.15, 0.2) is 0 Å². The van der Waals surface area contributed by atoms with E-state index in [0.717, 1.165) is 6.61 Å². The zero-order valence-corrected chi connectivity index (χ0v) is 10.9. The summed E-state index contributed by atoms with van der Waals surface area (Å²) in [4.78, 5) is 0. The van der Waals surface area contributed by atoms with Gasteiger partial charge in [0.05, 0.1) is 18.2 Å². The van der Waals surface area contributed by atoms with Crippen LogP contribution in [0, 0.1) is 23.1 Å². The Morgan fingerprint density at radius 3 is 2.83 bits per heavy atom. The SMILES string of the molecule is CC(C)COCCNCc1ccc(C#N)cc1F. The van der Waals surface area contributed by atoms with Gasteiger partial charge in [-0.3, -0.25) is 0 Å². The van der Waals surface area contributed by atoms with Crippen molar-refractivity contribution in [3.05, 3.63) is 35.1 Å². The summed E-state index contributed by atoms with van der Waals surface area (Å²) < 4.78 is 18.9. The molecule has 0 unspecified atom stereocenters. The molecular formula is C14H19FN2O. The molecule has 1 rings (SSSR count). The summed E-state index contributed by atoms with van der Waals surface area (Å²) in [5.41, 5.74) is 0.911. The first kappa shape index (κ1) is 14.6. The van der Waals surface area contributed by atoms with E-state index in [2.05, 4.69) is 19.2 Å². The van der Waals surface area contributed by atoms with E-state index in [4.69, 9.17) is 10.00 Å². The topological polar surface area (TPSA) is 45.0 Å². The third-order valence-corrected chi connectivity index (χ3v) is 2.37. The van der Waals surface area contributed by atoms with Crippen LogP contribution in [-0.4, -0.2) is 19.8 Å². The van der Waals surface area contributed by atoms with Gasteiger partial charge in [-0.25, -0.2) is 4.39 Å². The molecule has 0 aliphatic heterocycles. The minimum absolute atomic E-state index is 0.343. The summed E-state index contributed by atoms with van der Waals surface area (Å²) in [5.74, 6) is 0.186. The fourth-order valence-electron chi connectivity index (χ4n) is 1.45. The predicted molar refractivity (Wildman–Crippen MR) is 68.5 cm³/mol. The number of ether oxygens (including phenoxy) is 1. The number of nitrogens with one attached hydrogen (secondary N) is 1. The van der Waals surface area contributed by atoms with Gasteiger partial charge in [0.2, 0.25) is 0 Å². The average Bonchev–Trinajstić information content (AvgIpc) is 2.34. The van der Waals surface area contributed by atoms with Gasteiger partial charge in [0.25, 0.3) is 0 Å². The number of rotatable bonds is 7. The van der Waals surface area contributed by atoms with Crippen LogP contribution < -0.4 is 5.32 Å². The van der Waals surface area contributed by atoms with Gasteiger partial charge < -0.3 is 10.1 Å². The van der Waals surface area contributed by atoms with E-state index >= 15 is 0 Å². The van der Waals surface area contributed by atoms with E-state index in [1.54, 1.807) is 12.1 Å². The summed E-state index contributed by atoms with van der Waals surface area (Å²) in [5, 5.41) is 11.7. The fraction of sp³-hybridized carbons (Fsp3) is 0.500. The van der Waals surface area contributed by atoms with E-state index in [1.165, 1.54) is 6.07 Å². The molecular weight excluding hydrogens is 231 g/mol. The standard InChI is InChI=1S/C14H19FN2O/c1-11(2)10-18-6-5-17-9-13-4-3-12(8-16)7-14(13)15/h3-4,7,11,17H,5-6,9-10H2,1-2H3. The Bertz CT molecular complexity index is 413. The van der Waals surface area contributed by atoms with Crippen molar-refractivity contribution in [2.45, 2.75) is 20.4 Å². The molecule has 0 radical (unpaired) electrons. The summed E-state index contributed by atoms with van der Waals surface area (Å²) >= 11 is 0. The van der Waals surface area contributed by atoms with Crippen molar-refractivity contribution < 1.29 is 9.13 Å². The molecule has 0 spiro atoms. The molecule has 1 N–H and O–H groups in total. The molecule has 0 saturated carbocycles. The van der Waals surface area contributed by atoms with E-state index in [-0.39, 0.29) is 5.82 Å². The predicted octanol–water partition coefficient (Wildman–Crippen LogP) is 2.46. The lowest BCUT2D eigenvalue weighted by molar-refractivity contribution is 0.111. The van der Waals surface area contributed by atoms with Gasteiger partial charge in [-0.2, -0.15) is 5.26 Å². The molecule has 1 aromatic rings. The summed E-state index contributed by atoms with van der Waals surface area (Å²) in [6.07, 6.45) is 0. The highest BCUT2D eigenvalue weighted by Gasteiger charge is 2.02. The third kappa shape index (κ3) is 5.26. The Morgan fingerprint density at radius 1 is 1.44 bits per heavy atom. The minimum atomic E-state index is -0.343. The van der Waals surface area contributed by atoms with Crippen LogP contribution in [0.25, 0.3) is 0 Å². The fourth-order valence-corrected chi connectivity index (χ4v) is 1.45.